The van der Waals surface area contributed by atoms with Gasteiger partial charge in [-0.2, -0.15) is 0 Å². The summed E-state index contributed by atoms with van der Waals surface area (Å²) in [5.41, 5.74) is 0. The van der Waals surface area contributed by atoms with Gasteiger partial charge in [0.25, 0.3) is 6.29 Å². The summed E-state index contributed by atoms with van der Waals surface area (Å²) in [4.78, 5) is 21.5. The Hall–Kier alpha value is -2.04. The van der Waals surface area contributed by atoms with E-state index in [4.69, 9.17) is 14.2 Å². The fourth-order valence-corrected chi connectivity index (χ4v) is 1.11. The van der Waals surface area contributed by atoms with Crippen LogP contribution >= 0.6 is 0 Å². The van der Waals surface area contributed by atoms with Crippen molar-refractivity contribution in [1.29, 1.82) is 0 Å². The third kappa shape index (κ3) is 5.55. The van der Waals surface area contributed by atoms with Crippen LogP contribution in [-0.4, -0.2) is 24.8 Å². The Morgan fingerprint density at radius 3 is 2.29 bits per heavy atom. The maximum Gasteiger partial charge on any atom is 0.305 e. The van der Waals surface area contributed by atoms with Crippen molar-refractivity contribution in [3.05, 3.63) is 30.3 Å². The van der Waals surface area contributed by atoms with Crippen LogP contribution in [0.15, 0.2) is 30.3 Å². The van der Waals surface area contributed by atoms with E-state index >= 15 is 0 Å². The summed E-state index contributed by atoms with van der Waals surface area (Å²) < 4.78 is 15.0. The van der Waals surface area contributed by atoms with E-state index in [0.717, 1.165) is 0 Å². The zero-order chi connectivity index (χ0) is 12.7. The van der Waals surface area contributed by atoms with Gasteiger partial charge in [-0.1, -0.05) is 18.2 Å². The molecule has 0 radical (unpaired) electrons. The number of carbonyl (C=O) groups is 2. The molecule has 92 valence electrons. The highest BCUT2D eigenvalue weighted by Crippen LogP contribution is 2.12. The van der Waals surface area contributed by atoms with E-state index in [1.165, 1.54) is 13.8 Å². The summed E-state index contributed by atoms with van der Waals surface area (Å²) in [5.74, 6) is -0.428. The van der Waals surface area contributed by atoms with E-state index in [1.807, 2.05) is 6.07 Å². The lowest BCUT2D eigenvalue weighted by Gasteiger charge is -2.18. The fourth-order valence-electron chi connectivity index (χ4n) is 1.11. The smallest absolute Gasteiger partial charge is 0.305 e. The highest BCUT2D eigenvalue weighted by molar-refractivity contribution is 5.67. The molecular weight excluding hydrogens is 224 g/mol. The third-order valence-electron chi connectivity index (χ3n) is 1.73. The van der Waals surface area contributed by atoms with Gasteiger partial charge in [-0.25, -0.2) is 0 Å². The van der Waals surface area contributed by atoms with E-state index in [0.29, 0.717) is 5.75 Å². The number of rotatable bonds is 5. The van der Waals surface area contributed by atoms with Crippen molar-refractivity contribution in [3.8, 4) is 5.75 Å². The van der Waals surface area contributed by atoms with Crippen molar-refractivity contribution in [1.82, 2.24) is 0 Å². The van der Waals surface area contributed by atoms with Crippen LogP contribution in [0.3, 0.4) is 0 Å². The molecule has 0 fully saturated rings. The second-order valence-corrected chi connectivity index (χ2v) is 3.27. The molecule has 0 aliphatic heterocycles. The highest BCUT2D eigenvalue weighted by Gasteiger charge is 2.15. The number of benzene rings is 1. The summed E-state index contributed by atoms with van der Waals surface area (Å²) in [7, 11) is 0. The Morgan fingerprint density at radius 1 is 1.12 bits per heavy atom. The summed E-state index contributed by atoms with van der Waals surface area (Å²) in [6.07, 6.45) is -0.932. The molecule has 1 aromatic carbocycles. The van der Waals surface area contributed by atoms with Crippen LogP contribution in [0.2, 0.25) is 0 Å². The molecule has 1 aromatic rings. The molecule has 0 aliphatic carbocycles. The topological polar surface area (TPSA) is 61.8 Å². The van der Waals surface area contributed by atoms with E-state index < -0.39 is 18.2 Å². The van der Waals surface area contributed by atoms with Crippen LogP contribution in [0.1, 0.15) is 13.8 Å². The van der Waals surface area contributed by atoms with E-state index in [2.05, 4.69) is 0 Å². The first-order valence-electron chi connectivity index (χ1n) is 5.10. The van der Waals surface area contributed by atoms with Gasteiger partial charge in [0.05, 0.1) is 0 Å². The molecule has 17 heavy (non-hydrogen) atoms. The maximum atomic E-state index is 10.8. The first kappa shape index (κ1) is 13.0. The Morgan fingerprint density at radius 2 is 1.76 bits per heavy atom. The molecule has 5 heteroatoms. The fraction of sp³-hybridized carbons (Fsp3) is 0.333. The van der Waals surface area contributed by atoms with Gasteiger partial charge in [0.2, 0.25) is 0 Å². The van der Waals surface area contributed by atoms with Gasteiger partial charge in [-0.05, 0) is 12.1 Å². The number of carbonyl (C=O) groups excluding carboxylic acids is 2. The molecule has 0 N–H and O–H groups in total. The van der Waals surface area contributed by atoms with Crippen molar-refractivity contribution in [2.45, 2.75) is 20.1 Å². The van der Waals surface area contributed by atoms with Crippen LogP contribution in [0.5, 0.6) is 5.75 Å². The quantitative estimate of drug-likeness (QED) is 0.575. The summed E-state index contributed by atoms with van der Waals surface area (Å²) in [6.45, 7) is 2.40. The SMILES string of the molecule is CC(=O)OCC(OC(C)=O)Oc1ccccc1. The lowest BCUT2D eigenvalue weighted by molar-refractivity contribution is -0.174. The molecule has 0 aromatic heterocycles. The van der Waals surface area contributed by atoms with Crippen LogP contribution in [0, 0.1) is 0 Å². The van der Waals surface area contributed by atoms with Crippen LogP contribution < -0.4 is 4.74 Å². The molecule has 1 unspecified atom stereocenters. The van der Waals surface area contributed by atoms with Crippen molar-refractivity contribution in [2.75, 3.05) is 6.61 Å². The average molecular weight is 238 g/mol. The van der Waals surface area contributed by atoms with Crippen LogP contribution in [0.25, 0.3) is 0 Å². The van der Waals surface area contributed by atoms with Gasteiger partial charge in [0.1, 0.15) is 5.75 Å². The number of para-hydroxylation sites is 1. The molecule has 0 saturated carbocycles. The van der Waals surface area contributed by atoms with E-state index in [-0.39, 0.29) is 6.61 Å². The molecule has 1 rings (SSSR count). The molecule has 0 aliphatic rings. The second-order valence-electron chi connectivity index (χ2n) is 3.27. The third-order valence-corrected chi connectivity index (χ3v) is 1.73. The Bertz CT molecular complexity index is 374. The highest BCUT2D eigenvalue weighted by atomic mass is 16.7. The lowest BCUT2D eigenvalue weighted by Crippen LogP contribution is -2.29. The van der Waals surface area contributed by atoms with Crippen molar-refractivity contribution < 1.29 is 23.8 Å². The predicted octanol–water partition coefficient (Wildman–Crippen LogP) is 1.52. The van der Waals surface area contributed by atoms with Crippen molar-refractivity contribution in [3.63, 3.8) is 0 Å². The lowest BCUT2D eigenvalue weighted by atomic mass is 10.3. The first-order chi connectivity index (χ1) is 8.08. The minimum atomic E-state index is -0.932. The average Bonchev–Trinajstić information content (AvgIpc) is 2.26. The standard InChI is InChI=1S/C12H14O5/c1-9(13)15-8-12(16-10(2)14)17-11-6-4-3-5-7-11/h3-7,12H,8H2,1-2H3. The Labute approximate surface area is 99.3 Å². The molecule has 0 saturated heterocycles. The molecule has 0 bridgehead atoms. The monoisotopic (exact) mass is 238 g/mol. The minimum Gasteiger partial charge on any atom is -0.458 e. The zero-order valence-electron chi connectivity index (χ0n) is 9.71. The molecule has 1 atom stereocenters. The molecular formula is C12H14O5. The summed E-state index contributed by atoms with van der Waals surface area (Å²) >= 11 is 0. The normalized spacial score (nSPS) is 11.4. The van der Waals surface area contributed by atoms with Crippen LogP contribution in [-0.2, 0) is 19.1 Å². The van der Waals surface area contributed by atoms with Gasteiger partial charge in [-0.15, -0.1) is 0 Å². The molecule has 0 heterocycles. The molecule has 0 amide bonds. The minimum absolute atomic E-state index is 0.135. The summed E-state index contributed by atoms with van der Waals surface area (Å²) in [6, 6.07) is 8.83. The van der Waals surface area contributed by atoms with E-state index in [9.17, 15) is 9.59 Å². The predicted molar refractivity (Wildman–Crippen MR) is 59.3 cm³/mol. The number of hydrogen-bond acceptors (Lipinski definition) is 5. The van der Waals surface area contributed by atoms with Gasteiger partial charge in [0.15, 0.2) is 6.61 Å². The van der Waals surface area contributed by atoms with Crippen LogP contribution in [0.4, 0.5) is 0 Å². The van der Waals surface area contributed by atoms with E-state index in [1.54, 1.807) is 24.3 Å². The van der Waals surface area contributed by atoms with Gasteiger partial charge >= 0.3 is 11.9 Å². The number of ether oxygens (including phenoxy) is 3. The largest absolute Gasteiger partial charge is 0.458 e. The van der Waals surface area contributed by atoms with Crippen molar-refractivity contribution >= 4 is 11.9 Å². The van der Waals surface area contributed by atoms with Crippen molar-refractivity contribution in [2.24, 2.45) is 0 Å². The molecule has 5 nitrogen and oxygen atoms in total. The maximum absolute atomic E-state index is 10.8. The van der Waals surface area contributed by atoms with Gasteiger partial charge in [0, 0.05) is 13.8 Å². The number of hydrogen-bond donors (Lipinski definition) is 0. The zero-order valence-corrected chi connectivity index (χ0v) is 9.71. The summed E-state index contributed by atoms with van der Waals surface area (Å²) in [5, 5.41) is 0. The van der Waals surface area contributed by atoms with Gasteiger partial charge < -0.3 is 14.2 Å². The first-order valence-corrected chi connectivity index (χ1v) is 5.10. The number of esters is 2. The Balaban J connectivity index is 2.56. The molecule has 0 spiro atoms. The van der Waals surface area contributed by atoms with Gasteiger partial charge in [-0.3, -0.25) is 9.59 Å². The Kier molecular flexibility index (Phi) is 5.00. The second kappa shape index (κ2) is 6.52.